The largest absolute Gasteiger partial charge is 0.313 e. The Balaban J connectivity index is 2.11. The van der Waals surface area contributed by atoms with Crippen LogP contribution in [-0.4, -0.2) is 21.8 Å². The van der Waals surface area contributed by atoms with E-state index in [2.05, 4.69) is 46.7 Å². The molecule has 2 rings (SSSR count). The van der Waals surface area contributed by atoms with Crippen LogP contribution in [0.3, 0.4) is 0 Å². The highest BCUT2D eigenvalue weighted by Crippen LogP contribution is 2.26. The summed E-state index contributed by atoms with van der Waals surface area (Å²) in [4.78, 5) is 1.17. The summed E-state index contributed by atoms with van der Waals surface area (Å²) in [6, 6.07) is 8.88. The lowest BCUT2D eigenvalue weighted by Gasteiger charge is -2.10. The minimum absolute atomic E-state index is 0.379. The Morgan fingerprint density at radius 1 is 1.29 bits per heavy atom. The Hall–Kier alpha value is -1.33. The van der Waals surface area contributed by atoms with Crippen molar-refractivity contribution in [2.24, 2.45) is 7.05 Å². The number of nitrogens with one attached hydrogen (secondary N) is 1. The minimum atomic E-state index is 0.379. The summed E-state index contributed by atoms with van der Waals surface area (Å²) in [5, 5.41) is 12.0. The van der Waals surface area contributed by atoms with E-state index >= 15 is 0 Å². The second kappa shape index (κ2) is 5.33. The molecule has 1 heterocycles. The van der Waals surface area contributed by atoms with Gasteiger partial charge in [-0.2, -0.15) is 0 Å². The van der Waals surface area contributed by atoms with Crippen LogP contribution in [0.5, 0.6) is 0 Å². The van der Waals surface area contributed by atoms with Gasteiger partial charge in [0.1, 0.15) is 6.33 Å². The maximum atomic E-state index is 4.05. The maximum absolute atomic E-state index is 4.05. The highest BCUT2D eigenvalue weighted by atomic mass is 32.2. The molecule has 0 fully saturated rings. The zero-order chi connectivity index (χ0) is 12.3. The van der Waals surface area contributed by atoms with Crippen molar-refractivity contribution in [2.75, 3.05) is 7.05 Å². The van der Waals surface area contributed by atoms with Gasteiger partial charge in [0.15, 0.2) is 5.16 Å². The number of hydrogen-bond donors (Lipinski definition) is 1. The third-order valence-corrected chi connectivity index (χ3v) is 3.75. The molecular formula is C12H16N4S. The third-order valence-electron chi connectivity index (χ3n) is 2.69. The van der Waals surface area contributed by atoms with E-state index in [0.29, 0.717) is 6.04 Å². The number of rotatable bonds is 4. The van der Waals surface area contributed by atoms with Crippen LogP contribution in [0.1, 0.15) is 18.5 Å². The van der Waals surface area contributed by atoms with Gasteiger partial charge in [-0.1, -0.05) is 12.1 Å². The predicted molar refractivity (Wildman–Crippen MR) is 69.0 cm³/mol. The summed E-state index contributed by atoms with van der Waals surface area (Å²) in [6.07, 6.45) is 1.71. The molecule has 0 saturated heterocycles. The van der Waals surface area contributed by atoms with Crippen molar-refractivity contribution in [3.05, 3.63) is 36.2 Å². The molecule has 0 saturated carbocycles. The molecule has 4 nitrogen and oxygen atoms in total. The van der Waals surface area contributed by atoms with Crippen LogP contribution in [0, 0.1) is 0 Å². The maximum Gasteiger partial charge on any atom is 0.195 e. The molecule has 0 bridgehead atoms. The van der Waals surface area contributed by atoms with Crippen LogP contribution in [0.25, 0.3) is 0 Å². The molecular weight excluding hydrogens is 232 g/mol. The van der Waals surface area contributed by atoms with Crippen LogP contribution in [0.15, 0.2) is 40.6 Å². The highest BCUT2D eigenvalue weighted by molar-refractivity contribution is 7.99. The smallest absolute Gasteiger partial charge is 0.195 e. The van der Waals surface area contributed by atoms with Gasteiger partial charge in [-0.15, -0.1) is 10.2 Å². The normalized spacial score (nSPS) is 12.6. The monoisotopic (exact) mass is 248 g/mol. The molecule has 5 heteroatoms. The van der Waals surface area contributed by atoms with Crippen molar-refractivity contribution in [3.8, 4) is 0 Å². The van der Waals surface area contributed by atoms with E-state index < -0.39 is 0 Å². The molecule has 1 N–H and O–H groups in total. The second-order valence-electron chi connectivity index (χ2n) is 3.91. The molecule has 90 valence electrons. The minimum Gasteiger partial charge on any atom is -0.313 e. The Bertz CT molecular complexity index is 478. The quantitative estimate of drug-likeness (QED) is 0.901. The highest BCUT2D eigenvalue weighted by Gasteiger charge is 2.05. The van der Waals surface area contributed by atoms with Crippen LogP contribution < -0.4 is 5.32 Å². The molecule has 1 atom stereocenters. The van der Waals surface area contributed by atoms with Crippen molar-refractivity contribution in [1.82, 2.24) is 20.1 Å². The fourth-order valence-electron chi connectivity index (χ4n) is 1.46. The summed E-state index contributed by atoms with van der Waals surface area (Å²) < 4.78 is 1.91. The van der Waals surface area contributed by atoms with Gasteiger partial charge >= 0.3 is 0 Å². The molecule has 1 aromatic heterocycles. The molecule has 0 aliphatic heterocycles. The van der Waals surface area contributed by atoms with Crippen molar-refractivity contribution in [1.29, 1.82) is 0 Å². The SMILES string of the molecule is CNC(C)c1ccc(Sc2nncn2C)cc1. The van der Waals surface area contributed by atoms with Crippen molar-refractivity contribution < 1.29 is 0 Å². The summed E-state index contributed by atoms with van der Waals surface area (Å²) in [6.45, 7) is 2.14. The number of benzene rings is 1. The van der Waals surface area contributed by atoms with Crippen LogP contribution in [-0.2, 0) is 7.05 Å². The first kappa shape index (κ1) is 12.1. The van der Waals surface area contributed by atoms with Crippen LogP contribution in [0.4, 0.5) is 0 Å². The van der Waals surface area contributed by atoms with E-state index in [1.807, 2.05) is 18.7 Å². The van der Waals surface area contributed by atoms with Gasteiger partial charge in [-0.3, -0.25) is 0 Å². The predicted octanol–water partition coefficient (Wildman–Crippen LogP) is 2.25. The lowest BCUT2D eigenvalue weighted by Crippen LogP contribution is -2.11. The van der Waals surface area contributed by atoms with E-state index in [1.165, 1.54) is 10.5 Å². The molecule has 0 amide bonds. The zero-order valence-electron chi connectivity index (χ0n) is 10.2. The summed E-state index contributed by atoms with van der Waals surface area (Å²) in [5.74, 6) is 0. The summed E-state index contributed by atoms with van der Waals surface area (Å²) in [7, 11) is 3.91. The Kier molecular flexibility index (Phi) is 3.81. The summed E-state index contributed by atoms with van der Waals surface area (Å²) >= 11 is 1.62. The molecule has 2 aromatic rings. The molecule has 1 aromatic carbocycles. The number of hydrogen-bond acceptors (Lipinski definition) is 4. The summed E-state index contributed by atoms with van der Waals surface area (Å²) in [5.41, 5.74) is 1.29. The molecule has 0 radical (unpaired) electrons. The number of aromatic nitrogens is 3. The van der Waals surface area contributed by atoms with E-state index in [-0.39, 0.29) is 0 Å². The fourth-order valence-corrected chi connectivity index (χ4v) is 2.22. The van der Waals surface area contributed by atoms with Crippen molar-refractivity contribution >= 4 is 11.8 Å². The lowest BCUT2D eigenvalue weighted by molar-refractivity contribution is 0.652. The average Bonchev–Trinajstić information content (AvgIpc) is 2.75. The second-order valence-corrected chi connectivity index (χ2v) is 4.95. The van der Waals surface area contributed by atoms with E-state index in [0.717, 1.165) is 5.16 Å². The van der Waals surface area contributed by atoms with Crippen molar-refractivity contribution in [3.63, 3.8) is 0 Å². The standard InChI is InChI=1S/C12H16N4S/c1-9(13-2)10-4-6-11(7-5-10)17-12-15-14-8-16(12)3/h4-9,13H,1-3H3. The van der Waals surface area contributed by atoms with Crippen LogP contribution >= 0.6 is 11.8 Å². The number of nitrogens with zero attached hydrogens (tertiary/aromatic N) is 3. The van der Waals surface area contributed by atoms with Gasteiger partial charge in [0.25, 0.3) is 0 Å². The van der Waals surface area contributed by atoms with Gasteiger partial charge in [0.2, 0.25) is 0 Å². The Labute approximate surface area is 105 Å². The van der Waals surface area contributed by atoms with Gasteiger partial charge < -0.3 is 9.88 Å². The van der Waals surface area contributed by atoms with Gasteiger partial charge in [0.05, 0.1) is 0 Å². The third kappa shape index (κ3) is 2.87. The van der Waals surface area contributed by atoms with E-state index in [4.69, 9.17) is 0 Å². The lowest BCUT2D eigenvalue weighted by atomic mass is 10.1. The first-order chi connectivity index (χ1) is 8.20. The fraction of sp³-hybridized carbons (Fsp3) is 0.333. The Morgan fingerprint density at radius 2 is 2.00 bits per heavy atom. The molecule has 1 unspecified atom stereocenters. The van der Waals surface area contributed by atoms with Gasteiger partial charge in [0, 0.05) is 18.0 Å². The van der Waals surface area contributed by atoms with Gasteiger partial charge in [-0.05, 0) is 43.4 Å². The van der Waals surface area contributed by atoms with Gasteiger partial charge in [-0.25, -0.2) is 0 Å². The number of aryl methyl sites for hydroxylation is 1. The van der Waals surface area contributed by atoms with E-state index in [9.17, 15) is 0 Å². The van der Waals surface area contributed by atoms with E-state index in [1.54, 1.807) is 18.1 Å². The topological polar surface area (TPSA) is 42.7 Å². The first-order valence-corrected chi connectivity index (χ1v) is 6.31. The van der Waals surface area contributed by atoms with Crippen molar-refractivity contribution in [2.45, 2.75) is 23.0 Å². The first-order valence-electron chi connectivity index (χ1n) is 5.50. The molecule has 0 aliphatic rings. The average molecular weight is 248 g/mol. The Morgan fingerprint density at radius 3 is 2.53 bits per heavy atom. The molecule has 17 heavy (non-hydrogen) atoms. The molecule has 0 spiro atoms. The zero-order valence-corrected chi connectivity index (χ0v) is 11.0. The van der Waals surface area contributed by atoms with Crippen LogP contribution in [0.2, 0.25) is 0 Å². The molecule has 0 aliphatic carbocycles.